The van der Waals surface area contributed by atoms with Crippen molar-refractivity contribution in [2.75, 3.05) is 30.6 Å². The van der Waals surface area contributed by atoms with Crippen molar-refractivity contribution in [3.8, 4) is 11.6 Å². The predicted octanol–water partition coefficient (Wildman–Crippen LogP) is 4.63. The van der Waals surface area contributed by atoms with E-state index in [2.05, 4.69) is 31.7 Å². The number of nitrogens with one attached hydrogen (secondary N) is 2. The lowest BCUT2D eigenvalue weighted by atomic mass is 9.93. The highest BCUT2D eigenvalue weighted by Gasteiger charge is 2.30. The highest BCUT2D eigenvalue weighted by molar-refractivity contribution is 7.92. The van der Waals surface area contributed by atoms with Crippen LogP contribution in [-0.2, 0) is 16.6 Å². The van der Waals surface area contributed by atoms with E-state index in [-0.39, 0.29) is 24.2 Å². The molecule has 2 fully saturated rings. The zero-order chi connectivity index (χ0) is 29.4. The summed E-state index contributed by atoms with van der Waals surface area (Å²) in [4.78, 5) is 22.4. The van der Waals surface area contributed by atoms with E-state index >= 15 is 0 Å². The molecule has 1 saturated heterocycles. The Bertz CT molecular complexity index is 1240. The monoisotopic (exact) mass is 587 g/mol. The lowest BCUT2D eigenvalue weighted by Gasteiger charge is -2.39. The van der Waals surface area contributed by atoms with Crippen molar-refractivity contribution >= 4 is 21.7 Å². The normalized spacial score (nSPS) is 20.4. The summed E-state index contributed by atoms with van der Waals surface area (Å²) in [6.45, 7) is 7.55. The number of carbonyl (C=O) groups is 1. The number of aryl methyl sites for hydroxylation is 1. The summed E-state index contributed by atoms with van der Waals surface area (Å²) in [5, 5.41) is 13.0. The smallest absolute Gasteiger partial charge is 0.317 e. The number of hydrogen-bond donors (Lipinski definition) is 3. The average molecular weight is 588 g/mol. The van der Waals surface area contributed by atoms with Gasteiger partial charge in [0, 0.05) is 55.7 Å². The Morgan fingerprint density at radius 2 is 1.76 bits per heavy atom. The van der Waals surface area contributed by atoms with Crippen molar-refractivity contribution in [2.45, 2.75) is 89.9 Å². The molecular formula is C30H45N5O5S. The minimum atomic E-state index is -3.33. The third-order valence-electron chi connectivity index (χ3n) is 7.98. The molecule has 2 aromatic rings. The van der Waals surface area contributed by atoms with Crippen LogP contribution in [0.5, 0.6) is 11.6 Å². The maximum Gasteiger partial charge on any atom is 0.317 e. The zero-order valence-electron chi connectivity index (χ0n) is 24.5. The standard InChI is InChI=1S/C30H45N5O5S/c1-4-5-18-35(30(37)32-24-7-11-27(36)12-8-24)26-16-19-34(20-17-26)21-23-6-15-29(31-22(23)2)40-28-13-9-25(10-14-28)33-41(3,38)39/h6,9-10,13-15,24,26-27,33,36H,4-5,7-8,11-12,16-21H2,1-3H3,(H,32,37)/t24-,27+. The molecule has 11 heteroatoms. The molecule has 3 N–H and O–H groups in total. The lowest BCUT2D eigenvalue weighted by Crippen LogP contribution is -2.53. The molecular weight excluding hydrogens is 542 g/mol. The van der Waals surface area contributed by atoms with Gasteiger partial charge in [0.1, 0.15) is 5.75 Å². The number of ether oxygens (including phenoxy) is 1. The van der Waals surface area contributed by atoms with Crippen LogP contribution in [0.3, 0.4) is 0 Å². The number of urea groups is 1. The number of anilines is 1. The van der Waals surface area contributed by atoms with E-state index in [1.54, 1.807) is 24.3 Å². The largest absolute Gasteiger partial charge is 0.439 e. The fraction of sp³-hybridized carbons (Fsp3) is 0.600. The molecule has 1 aliphatic carbocycles. The molecule has 0 radical (unpaired) electrons. The van der Waals surface area contributed by atoms with E-state index in [0.717, 1.165) is 95.1 Å². The van der Waals surface area contributed by atoms with E-state index < -0.39 is 10.0 Å². The Labute approximate surface area is 244 Å². The molecule has 0 unspecified atom stereocenters. The summed E-state index contributed by atoms with van der Waals surface area (Å²) in [6.07, 6.45) is 8.04. The van der Waals surface area contributed by atoms with Crippen LogP contribution in [0.4, 0.5) is 10.5 Å². The van der Waals surface area contributed by atoms with Gasteiger partial charge in [-0.25, -0.2) is 18.2 Å². The van der Waals surface area contributed by atoms with Crippen LogP contribution in [0.15, 0.2) is 36.4 Å². The second-order valence-corrected chi connectivity index (χ2v) is 13.2. The van der Waals surface area contributed by atoms with Gasteiger partial charge in [0.2, 0.25) is 15.9 Å². The van der Waals surface area contributed by atoms with Gasteiger partial charge < -0.3 is 20.1 Å². The third-order valence-corrected chi connectivity index (χ3v) is 8.59. The molecule has 2 heterocycles. The van der Waals surface area contributed by atoms with Gasteiger partial charge in [-0.1, -0.05) is 19.4 Å². The Balaban J connectivity index is 1.28. The van der Waals surface area contributed by atoms with E-state index in [9.17, 15) is 18.3 Å². The van der Waals surface area contributed by atoms with Crippen LogP contribution >= 0.6 is 0 Å². The molecule has 4 rings (SSSR count). The number of amides is 2. The SMILES string of the molecule is CCCCN(C(=O)N[C@H]1CC[C@@H](O)CC1)C1CCN(Cc2ccc(Oc3ccc(NS(C)(=O)=O)cc3)nc2C)CC1. The van der Waals surface area contributed by atoms with Crippen molar-refractivity contribution in [3.05, 3.63) is 47.7 Å². The van der Waals surface area contributed by atoms with Gasteiger partial charge in [0.25, 0.3) is 0 Å². The number of carbonyl (C=O) groups excluding carboxylic acids is 1. The summed E-state index contributed by atoms with van der Waals surface area (Å²) in [7, 11) is -3.33. The van der Waals surface area contributed by atoms with E-state index in [4.69, 9.17) is 4.74 Å². The van der Waals surface area contributed by atoms with E-state index in [1.165, 1.54) is 0 Å². The summed E-state index contributed by atoms with van der Waals surface area (Å²) in [5.74, 6) is 1.06. The molecule has 1 aromatic heterocycles. The van der Waals surface area contributed by atoms with Crippen LogP contribution < -0.4 is 14.8 Å². The molecule has 0 spiro atoms. The molecule has 1 saturated carbocycles. The number of aliphatic hydroxyl groups is 1. The van der Waals surface area contributed by atoms with Gasteiger partial charge in [-0.15, -0.1) is 0 Å². The average Bonchev–Trinajstić information content (AvgIpc) is 2.93. The van der Waals surface area contributed by atoms with E-state index in [1.807, 2.05) is 19.1 Å². The zero-order valence-corrected chi connectivity index (χ0v) is 25.3. The Kier molecular flexibility index (Phi) is 10.9. The number of hydrogen-bond acceptors (Lipinski definition) is 7. The molecule has 2 amide bonds. The predicted molar refractivity (Wildman–Crippen MR) is 161 cm³/mol. The summed E-state index contributed by atoms with van der Waals surface area (Å²) >= 11 is 0. The van der Waals surface area contributed by atoms with Crippen LogP contribution in [0, 0.1) is 6.92 Å². The highest BCUT2D eigenvalue weighted by atomic mass is 32.2. The number of sulfonamides is 1. The van der Waals surface area contributed by atoms with Crippen molar-refractivity contribution in [1.29, 1.82) is 0 Å². The topological polar surface area (TPSA) is 124 Å². The van der Waals surface area contributed by atoms with Gasteiger partial charge in [-0.2, -0.15) is 0 Å². The number of aromatic nitrogens is 1. The molecule has 10 nitrogen and oxygen atoms in total. The quantitative estimate of drug-likeness (QED) is 0.350. The van der Waals surface area contributed by atoms with Crippen molar-refractivity contribution < 1.29 is 23.1 Å². The van der Waals surface area contributed by atoms with Crippen LogP contribution in [-0.4, -0.2) is 78.4 Å². The van der Waals surface area contributed by atoms with Crippen molar-refractivity contribution in [1.82, 2.24) is 20.1 Å². The second kappa shape index (κ2) is 14.3. The minimum absolute atomic E-state index is 0.0511. The number of likely N-dealkylation sites (tertiary alicyclic amines) is 1. The third kappa shape index (κ3) is 9.58. The van der Waals surface area contributed by atoms with Gasteiger partial charge in [0.15, 0.2) is 0 Å². The second-order valence-electron chi connectivity index (χ2n) is 11.4. The molecule has 0 bridgehead atoms. The highest BCUT2D eigenvalue weighted by Crippen LogP contribution is 2.25. The van der Waals surface area contributed by atoms with Crippen molar-refractivity contribution in [2.24, 2.45) is 0 Å². The van der Waals surface area contributed by atoms with Gasteiger partial charge in [0.05, 0.1) is 12.4 Å². The first-order valence-electron chi connectivity index (χ1n) is 14.8. The molecule has 226 valence electrons. The van der Waals surface area contributed by atoms with Crippen LogP contribution in [0.1, 0.15) is 69.5 Å². The van der Waals surface area contributed by atoms with Crippen molar-refractivity contribution in [3.63, 3.8) is 0 Å². The van der Waals surface area contributed by atoms with Gasteiger partial charge in [-0.3, -0.25) is 9.62 Å². The van der Waals surface area contributed by atoms with E-state index in [0.29, 0.717) is 17.3 Å². The first-order valence-corrected chi connectivity index (χ1v) is 16.7. The maximum atomic E-state index is 13.2. The molecule has 2 aliphatic rings. The molecule has 1 aliphatic heterocycles. The maximum absolute atomic E-state index is 13.2. The van der Waals surface area contributed by atoms with Crippen LogP contribution in [0.25, 0.3) is 0 Å². The minimum Gasteiger partial charge on any atom is -0.439 e. The van der Waals surface area contributed by atoms with Gasteiger partial charge >= 0.3 is 6.03 Å². The first-order chi connectivity index (χ1) is 19.6. The number of unbranched alkanes of at least 4 members (excludes halogenated alkanes) is 1. The number of aliphatic hydroxyl groups excluding tert-OH is 1. The van der Waals surface area contributed by atoms with Crippen LogP contribution in [0.2, 0.25) is 0 Å². The summed E-state index contributed by atoms with van der Waals surface area (Å²) < 4.78 is 31.1. The molecule has 0 atom stereocenters. The van der Waals surface area contributed by atoms with Gasteiger partial charge in [-0.05, 0) is 81.7 Å². The number of piperidine rings is 1. The number of benzene rings is 1. The summed E-state index contributed by atoms with van der Waals surface area (Å²) in [5.41, 5.74) is 2.52. The molecule has 1 aromatic carbocycles. The lowest BCUT2D eigenvalue weighted by molar-refractivity contribution is 0.101. The Morgan fingerprint density at radius 1 is 1.07 bits per heavy atom. The number of rotatable bonds is 11. The number of nitrogens with zero attached hydrogens (tertiary/aromatic N) is 3. The summed E-state index contributed by atoms with van der Waals surface area (Å²) in [6, 6.07) is 11.1. The fourth-order valence-electron chi connectivity index (χ4n) is 5.60. The Hall–Kier alpha value is -2.89. The number of pyridine rings is 1. The molecule has 41 heavy (non-hydrogen) atoms. The first kappa shape index (κ1) is 31.1. The Morgan fingerprint density at radius 3 is 2.37 bits per heavy atom. The fourth-order valence-corrected chi connectivity index (χ4v) is 6.17.